The average Bonchev–Trinajstić information content (AvgIpc) is 2.76. The number of carboxylic acid groups (broad SMARTS) is 1. The molecule has 2 N–H and O–H groups in total. The number of carbonyl (C=O) groups excluding carboxylic acids is 1. The zero-order chi connectivity index (χ0) is 12.9. The van der Waals surface area contributed by atoms with Gasteiger partial charge in [-0.2, -0.15) is 0 Å². The van der Waals surface area contributed by atoms with Crippen LogP contribution in [0.3, 0.4) is 0 Å². The van der Waals surface area contributed by atoms with Crippen molar-refractivity contribution in [1.29, 1.82) is 0 Å². The molecule has 17 heavy (non-hydrogen) atoms. The van der Waals surface area contributed by atoms with E-state index >= 15 is 0 Å². The Bertz CT molecular complexity index is 280. The highest BCUT2D eigenvalue weighted by Gasteiger charge is 2.27. The summed E-state index contributed by atoms with van der Waals surface area (Å²) in [6, 6.07) is 0. The molecule has 0 heterocycles. The van der Waals surface area contributed by atoms with Crippen molar-refractivity contribution in [1.82, 2.24) is 5.32 Å². The molecule has 0 bridgehead atoms. The standard InChI is InChI=1S/C13H23NO3/c1-13(2,12(16)17)9-14-11(15)8-7-10-5-3-4-6-10/h10H,3-9H2,1-2H3,(H,14,15)(H,16,17). The third-order valence-corrected chi connectivity index (χ3v) is 3.56. The lowest BCUT2D eigenvalue weighted by Crippen LogP contribution is -2.38. The molecule has 1 aliphatic rings. The maximum atomic E-state index is 11.6. The van der Waals surface area contributed by atoms with E-state index in [1.54, 1.807) is 13.8 Å². The van der Waals surface area contributed by atoms with E-state index in [4.69, 9.17) is 5.11 Å². The van der Waals surface area contributed by atoms with E-state index in [-0.39, 0.29) is 12.5 Å². The van der Waals surface area contributed by atoms with Gasteiger partial charge in [0.2, 0.25) is 5.91 Å². The smallest absolute Gasteiger partial charge is 0.310 e. The van der Waals surface area contributed by atoms with Crippen LogP contribution in [-0.2, 0) is 9.59 Å². The van der Waals surface area contributed by atoms with E-state index in [0.29, 0.717) is 12.3 Å². The van der Waals surface area contributed by atoms with Gasteiger partial charge in [-0.1, -0.05) is 25.7 Å². The number of hydrogen-bond donors (Lipinski definition) is 2. The zero-order valence-corrected chi connectivity index (χ0v) is 10.8. The highest BCUT2D eigenvalue weighted by atomic mass is 16.4. The summed E-state index contributed by atoms with van der Waals surface area (Å²) in [4.78, 5) is 22.4. The largest absolute Gasteiger partial charge is 0.481 e. The fraction of sp³-hybridized carbons (Fsp3) is 0.846. The summed E-state index contributed by atoms with van der Waals surface area (Å²) in [5.74, 6) is -0.201. The number of carbonyl (C=O) groups is 2. The van der Waals surface area contributed by atoms with Gasteiger partial charge in [-0.25, -0.2) is 0 Å². The molecular formula is C13H23NO3. The number of aliphatic carboxylic acids is 1. The maximum absolute atomic E-state index is 11.6. The highest BCUT2D eigenvalue weighted by molar-refractivity contribution is 5.78. The topological polar surface area (TPSA) is 66.4 Å². The molecule has 0 aromatic heterocycles. The van der Waals surface area contributed by atoms with Gasteiger partial charge in [-0.15, -0.1) is 0 Å². The van der Waals surface area contributed by atoms with Crippen LogP contribution in [0.15, 0.2) is 0 Å². The van der Waals surface area contributed by atoms with Crippen LogP contribution < -0.4 is 5.32 Å². The number of hydrogen-bond acceptors (Lipinski definition) is 2. The third kappa shape index (κ3) is 4.75. The minimum atomic E-state index is -0.886. The van der Waals surface area contributed by atoms with Crippen molar-refractivity contribution >= 4 is 11.9 Å². The van der Waals surface area contributed by atoms with Gasteiger partial charge in [0.1, 0.15) is 0 Å². The molecule has 0 saturated heterocycles. The van der Waals surface area contributed by atoms with Crippen molar-refractivity contribution in [3.63, 3.8) is 0 Å². The van der Waals surface area contributed by atoms with Crippen LogP contribution in [0.4, 0.5) is 0 Å². The molecule has 0 spiro atoms. The van der Waals surface area contributed by atoms with Gasteiger partial charge in [0.15, 0.2) is 0 Å². The van der Waals surface area contributed by atoms with E-state index in [1.807, 2.05) is 0 Å². The van der Waals surface area contributed by atoms with Crippen molar-refractivity contribution in [2.75, 3.05) is 6.54 Å². The SMILES string of the molecule is CC(C)(CNC(=O)CCC1CCCC1)C(=O)O. The summed E-state index contributed by atoms with van der Waals surface area (Å²) in [5.41, 5.74) is -0.886. The Labute approximate surface area is 103 Å². The predicted molar refractivity (Wildman–Crippen MR) is 65.6 cm³/mol. The number of amides is 1. The van der Waals surface area contributed by atoms with E-state index in [2.05, 4.69) is 5.32 Å². The lowest BCUT2D eigenvalue weighted by molar-refractivity contribution is -0.146. The van der Waals surface area contributed by atoms with Crippen molar-refractivity contribution in [2.24, 2.45) is 11.3 Å². The first-order valence-electron chi connectivity index (χ1n) is 6.42. The normalized spacial score (nSPS) is 17.1. The van der Waals surface area contributed by atoms with Gasteiger partial charge in [0, 0.05) is 13.0 Å². The first-order valence-corrected chi connectivity index (χ1v) is 6.42. The molecule has 1 saturated carbocycles. The molecule has 1 aliphatic carbocycles. The fourth-order valence-electron chi connectivity index (χ4n) is 2.12. The van der Waals surface area contributed by atoms with Gasteiger partial charge in [-0.05, 0) is 26.2 Å². The van der Waals surface area contributed by atoms with Gasteiger partial charge in [0.25, 0.3) is 0 Å². The fourth-order valence-corrected chi connectivity index (χ4v) is 2.12. The minimum Gasteiger partial charge on any atom is -0.481 e. The molecule has 1 rings (SSSR count). The molecule has 0 aromatic carbocycles. The molecule has 0 atom stereocenters. The maximum Gasteiger partial charge on any atom is 0.310 e. The molecule has 4 nitrogen and oxygen atoms in total. The van der Waals surface area contributed by atoms with Crippen LogP contribution in [0.5, 0.6) is 0 Å². The van der Waals surface area contributed by atoms with Gasteiger partial charge in [-0.3, -0.25) is 9.59 Å². The molecule has 0 aromatic rings. The van der Waals surface area contributed by atoms with Crippen LogP contribution in [0.2, 0.25) is 0 Å². The van der Waals surface area contributed by atoms with Crippen LogP contribution in [-0.4, -0.2) is 23.5 Å². The van der Waals surface area contributed by atoms with Crippen molar-refractivity contribution in [2.45, 2.75) is 52.4 Å². The lowest BCUT2D eigenvalue weighted by atomic mass is 9.93. The zero-order valence-electron chi connectivity index (χ0n) is 10.8. The Morgan fingerprint density at radius 1 is 1.29 bits per heavy atom. The van der Waals surface area contributed by atoms with Gasteiger partial charge < -0.3 is 10.4 Å². The van der Waals surface area contributed by atoms with E-state index in [0.717, 1.165) is 6.42 Å². The van der Waals surface area contributed by atoms with E-state index in [9.17, 15) is 9.59 Å². The Kier molecular flexibility index (Phi) is 4.97. The molecule has 98 valence electrons. The molecule has 1 amide bonds. The summed E-state index contributed by atoms with van der Waals surface area (Å²) in [5, 5.41) is 11.6. The van der Waals surface area contributed by atoms with Crippen molar-refractivity contribution in [3.05, 3.63) is 0 Å². The Balaban J connectivity index is 2.18. The second-order valence-corrected chi connectivity index (χ2v) is 5.65. The monoisotopic (exact) mass is 241 g/mol. The molecule has 0 unspecified atom stereocenters. The van der Waals surface area contributed by atoms with Crippen LogP contribution in [0.25, 0.3) is 0 Å². The summed E-state index contributed by atoms with van der Waals surface area (Å²) in [6.45, 7) is 3.44. The molecule has 0 radical (unpaired) electrons. The van der Waals surface area contributed by atoms with Crippen molar-refractivity contribution < 1.29 is 14.7 Å². The number of carboxylic acids is 1. The first-order chi connectivity index (χ1) is 7.92. The predicted octanol–water partition coefficient (Wildman–Crippen LogP) is 2.18. The molecule has 1 fully saturated rings. The third-order valence-electron chi connectivity index (χ3n) is 3.56. The summed E-state index contributed by atoms with van der Waals surface area (Å²) in [7, 11) is 0. The summed E-state index contributed by atoms with van der Waals surface area (Å²) >= 11 is 0. The average molecular weight is 241 g/mol. The number of nitrogens with one attached hydrogen (secondary N) is 1. The van der Waals surface area contributed by atoms with Crippen LogP contribution in [0, 0.1) is 11.3 Å². The molecular weight excluding hydrogens is 218 g/mol. The first kappa shape index (κ1) is 14.0. The summed E-state index contributed by atoms with van der Waals surface area (Å²) in [6.07, 6.45) is 6.54. The quantitative estimate of drug-likeness (QED) is 0.749. The molecule has 4 heteroatoms. The Hall–Kier alpha value is -1.06. The molecule has 0 aliphatic heterocycles. The van der Waals surface area contributed by atoms with Crippen molar-refractivity contribution in [3.8, 4) is 0 Å². The van der Waals surface area contributed by atoms with Gasteiger partial charge in [0.05, 0.1) is 5.41 Å². The van der Waals surface area contributed by atoms with Gasteiger partial charge >= 0.3 is 5.97 Å². The minimum absolute atomic E-state index is 0.0220. The second-order valence-electron chi connectivity index (χ2n) is 5.65. The van der Waals surface area contributed by atoms with E-state index < -0.39 is 11.4 Å². The van der Waals surface area contributed by atoms with Crippen LogP contribution >= 0.6 is 0 Å². The lowest BCUT2D eigenvalue weighted by Gasteiger charge is -2.19. The van der Waals surface area contributed by atoms with E-state index in [1.165, 1.54) is 25.7 Å². The summed E-state index contributed by atoms with van der Waals surface area (Å²) < 4.78 is 0. The van der Waals surface area contributed by atoms with Crippen LogP contribution in [0.1, 0.15) is 52.4 Å². The number of rotatable bonds is 6. The Morgan fingerprint density at radius 3 is 2.41 bits per heavy atom. The second kappa shape index (κ2) is 6.03. The highest BCUT2D eigenvalue weighted by Crippen LogP contribution is 2.28. The Morgan fingerprint density at radius 2 is 1.88 bits per heavy atom.